The molecule has 1 aliphatic heterocycles. The number of anilines is 3. The molecule has 0 bridgehead atoms. The molecule has 8 nitrogen and oxygen atoms in total. The lowest BCUT2D eigenvalue weighted by Crippen LogP contribution is -2.48. The van der Waals surface area contributed by atoms with Crippen molar-refractivity contribution in [1.29, 1.82) is 0 Å². The molecular formula is C23H23N7O. The van der Waals surface area contributed by atoms with E-state index >= 15 is 0 Å². The van der Waals surface area contributed by atoms with Gasteiger partial charge in [-0.1, -0.05) is 0 Å². The third kappa shape index (κ3) is 3.92. The number of amides is 1. The van der Waals surface area contributed by atoms with E-state index in [-0.39, 0.29) is 5.91 Å². The van der Waals surface area contributed by atoms with Crippen molar-refractivity contribution in [3.63, 3.8) is 0 Å². The molecule has 0 saturated carbocycles. The molecule has 156 valence electrons. The van der Waals surface area contributed by atoms with Gasteiger partial charge in [-0.3, -0.25) is 9.78 Å². The lowest BCUT2D eigenvalue weighted by atomic mass is 10.2. The first-order valence-electron chi connectivity index (χ1n) is 10.3. The van der Waals surface area contributed by atoms with Crippen LogP contribution < -0.4 is 10.2 Å². The average Bonchev–Trinajstić information content (AvgIpc) is 3.24. The van der Waals surface area contributed by atoms with Crippen LogP contribution in [-0.4, -0.2) is 56.9 Å². The Morgan fingerprint density at radius 1 is 1.00 bits per heavy atom. The number of benzene rings is 1. The molecule has 1 amide bonds. The van der Waals surface area contributed by atoms with E-state index in [9.17, 15) is 4.79 Å². The van der Waals surface area contributed by atoms with E-state index in [0.717, 1.165) is 59.8 Å². The number of nitrogens with zero attached hydrogens (tertiary/aromatic N) is 5. The summed E-state index contributed by atoms with van der Waals surface area (Å²) in [5.41, 5.74) is 5.68. The first-order chi connectivity index (χ1) is 15.2. The zero-order valence-corrected chi connectivity index (χ0v) is 17.2. The number of rotatable bonds is 4. The number of carbonyl (C=O) groups excluding carboxylic acids is 1. The predicted molar refractivity (Wildman–Crippen MR) is 121 cm³/mol. The molecule has 8 heteroatoms. The van der Waals surface area contributed by atoms with Crippen molar-refractivity contribution in [2.45, 2.75) is 6.92 Å². The van der Waals surface area contributed by atoms with E-state index in [1.807, 2.05) is 41.4 Å². The number of pyridine rings is 1. The summed E-state index contributed by atoms with van der Waals surface area (Å²) in [7, 11) is 0. The molecule has 0 atom stereocenters. The monoisotopic (exact) mass is 413 g/mol. The number of hydrogen-bond donors (Lipinski definition) is 2. The molecule has 1 aliphatic rings. The molecule has 0 unspecified atom stereocenters. The van der Waals surface area contributed by atoms with Gasteiger partial charge in [0.25, 0.3) is 0 Å². The second kappa shape index (κ2) is 8.06. The van der Waals surface area contributed by atoms with Gasteiger partial charge in [-0.2, -0.15) is 0 Å². The van der Waals surface area contributed by atoms with E-state index in [1.54, 1.807) is 19.3 Å². The number of piperazine rings is 1. The van der Waals surface area contributed by atoms with Crippen molar-refractivity contribution in [3.8, 4) is 11.3 Å². The standard InChI is InChI=1S/C23H23N7O/c1-16(31)29-11-13-30(14-12-29)18-6-4-17(5-7-18)27-23-25-10-8-20(28-23)19-15-26-21-3-2-9-24-22(19)21/h2-10,15,26H,11-14H2,1H3,(H,25,27,28). The number of nitrogens with one attached hydrogen (secondary N) is 2. The largest absolute Gasteiger partial charge is 0.368 e. The molecule has 2 N–H and O–H groups in total. The second-order valence-electron chi connectivity index (χ2n) is 7.53. The van der Waals surface area contributed by atoms with E-state index in [1.165, 1.54) is 0 Å². The lowest BCUT2D eigenvalue weighted by Gasteiger charge is -2.35. The number of carbonyl (C=O) groups is 1. The fourth-order valence-electron chi connectivity index (χ4n) is 3.88. The van der Waals surface area contributed by atoms with Crippen LogP contribution in [0.15, 0.2) is 61.1 Å². The summed E-state index contributed by atoms with van der Waals surface area (Å²) < 4.78 is 0. The second-order valence-corrected chi connectivity index (χ2v) is 7.53. The zero-order chi connectivity index (χ0) is 21.2. The predicted octanol–water partition coefficient (Wildman–Crippen LogP) is 3.43. The van der Waals surface area contributed by atoms with Gasteiger partial charge >= 0.3 is 0 Å². The highest BCUT2D eigenvalue weighted by Crippen LogP contribution is 2.26. The fourth-order valence-corrected chi connectivity index (χ4v) is 3.88. The van der Waals surface area contributed by atoms with E-state index in [4.69, 9.17) is 0 Å². The summed E-state index contributed by atoms with van der Waals surface area (Å²) in [5.74, 6) is 0.676. The molecule has 0 aliphatic carbocycles. The Bertz CT molecular complexity index is 1210. The molecule has 4 heterocycles. The lowest BCUT2D eigenvalue weighted by molar-refractivity contribution is -0.129. The van der Waals surface area contributed by atoms with Gasteiger partial charge < -0.3 is 20.1 Å². The zero-order valence-electron chi connectivity index (χ0n) is 17.2. The average molecular weight is 413 g/mol. The van der Waals surface area contributed by atoms with Crippen LogP contribution in [0.2, 0.25) is 0 Å². The molecule has 1 saturated heterocycles. The molecule has 0 radical (unpaired) electrons. The Morgan fingerprint density at radius 2 is 1.81 bits per heavy atom. The van der Waals surface area contributed by atoms with Gasteiger partial charge in [-0.05, 0) is 42.5 Å². The van der Waals surface area contributed by atoms with Crippen LogP contribution >= 0.6 is 0 Å². The number of H-pyrrole nitrogens is 1. The number of hydrogen-bond acceptors (Lipinski definition) is 6. The van der Waals surface area contributed by atoms with Crippen LogP contribution in [0.3, 0.4) is 0 Å². The van der Waals surface area contributed by atoms with Gasteiger partial charge in [0.15, 0.2) is 0 Å². The summed E-state index contributed by atoms with van der Waals surface area (Å²) in [6, 6.07) is 14.0. The normalized spacial score (nSPS) is 14.1. The van der Waals surface area contributed by atoms with Crippen LogP contribution in [0.4, 0.5) is 17.3 Å². The quantitative estimate of drug-likeness (QED) is 0.533. The Hall–Kier alpha value is -3.94. The third-order valence-corrected chi connectivity index (χ3v) is 5.58. The maximum atomic E-state index is 11.5. The van der Waals surface area contributed by atoms with Gasteiger partial charge in [0.05, 0.1) is 16.7 Å². The molecule has 3 aromatic heterocycles. The van der Waals surface area contributed by atoms with Gasteiger partial charge in [-0.25, -0.2) is 9.97 Å². The topological polar surface area (TPSA) is 90.0 Å². The van der Waals surface area contributed by atoms with Gasteiger partial charge in [0.2, 0.25) is 11.9 Å². The smallest absolute Gasteiger partial charge is 0.227 e. The first-order valence-corrected chi connectivity index (χ1v) is 10.3. The minimum Gasteiger partial charge on any atom is -0.368 e. The Morgan fingerprint density at radius 3 is 2.58 bits per heavy atom. The van der Waals surface area contributed by atoms with Crippen molar-refractivity contribution in [2.75, 3.05) is 36.4 Å². The van der Waals surface area contributed by atoms with Crippen molar-refractivity contribution < 1.29 is 4.79 Å². The molecule has 4 aromatic rings. The van der Waals surface area contributed by atoms with Crippen molar-refractivity contribution in [2.24, 2.45) is 0 Å². The molecule has 31 heavy (non-hydrogen) atoms. The Kier molecular flexibility index (Phi) is 4.95. The van der Waals surface area contributed by atoms with Crippen LogP contribution in [0.25, 0.3) is 22.3 Å². The summed E-state index contributed by atoms with van der Waals surface area (Å²) in [5, 5.41) is 3.28. The highest BCUT2D eigenvalue weighted by molar-refractivity contribution is 5.91. The number of aromatic nitrogens is 4. The Labute approximate surface area is 180 Å². The van der Waals surface area contributed by atoms with Crippen LogP contribution in [0.5, 0.6) is 0 Å². The van der Waals surface area contributed by atoms with Gasteiger partial charge in [-0.15, -0.1) is 0 Å². The minimum absolute atomic E-state index is 0.143. The Balaban J connectivity index is 1.30. The highest BCUT2D eigenvalue weighted by atomic mass is 16.2. The minimum atomic E-state index is 0.143. The van der Waals surface area contributed by atoms with Crippen molar-refractivity contribution in [3.05, 3.63) is 61.1 Å². The van der Waals surface area contributed by atoms with Gasteiger partial charge in [0, 0.05) is 68.6 Å². The van der Waals surface area contributed by atoms with E-state index in [2.05, 4.69) is 42.3 Å². The first kappa shape index (κ1) is 19.0. The SMILES string of the molecule is CC(=O)N1CCN(c2ccc(Nc3nccc(-c4c[nH]c5cccnc45)n3)cc2)CC1. The van der Waals surface area contributed by atoms with Crippen LogP contribution in [-0.2, 0) is 4.79 Å². The summed E-state index contributed by atoms with van der Waals surface area (Å²) in [4.78, 5) is 32.4. The summed E-state index contributed by atoms with van der Waals surface area (Å²) >= 11 is 0. The van der Waals surface area contributed by atoms with E-state index in [0.29, 0.717) is 5.95 Å². The molecule has 1 aromatic carbocycles. The molecule has 0 spiro atoms. The molecular weight excluding hydrogens is 390 g/mol. The molecule has 1 fully saturated rings. The maximum Gasteiger partial charge on any atom is 0.227 e. The summed E-state index contributed by atoms with van der Waals surface area (Å²) in [6.45, 7) is 4.84. The van der Waals surface area contributed by atoms with Crippen molar-refractivity contribution >= 4 is 34.3 Å². The molecule has 5 rings (SSSR count). The summed E-state index contributed by atoms with van der Waals surface area (Å²) in [6.07, 6.45) is 5.45. The number of fused-ring (bicyclic) bond motifs is 1. The van der Waals surface area contributed by atoms with Crippen LogP contribution in [0.1, 0.15) is 6.92 Å². The van der Waals surface area contributed by atoms with Crippen molar-refractivity contribution in [1.82, 2.24) is 24.8 Å². The third-order valence-electron chi connectivity index (χ3n) is 5.58. The van der Waals surface area contributed by atoms with Crippen LogP contribution in [0, 0.1) is 0 Å². The number of aromatic amines is 1. The maximum absolute atomic E-state index is 11.5. The fraction of sp³-hybridized carbons (Fsp3) is 0.217. The van der Waals surface area contributed by atoms with E-state index < -0.39 is 0 Å². The van der Waals surface area contributed by atoms with Gasteiger partial charge in [0.1, 0.15) is 0 Å². The highest BCUT2D eigenvalue weighted by Gasteiger charge is 2.18.